The van der Waals surface area contributed by atoms with Gasteiger partial charge in [-0.1, -0.05) is 42.5 Å². The molecule has 0 atom stereocenters. The molecule has 1 spiro atoms. The topological polar surface area (TPSA) is 15.3 Å². The van der Waals surface area contributed by atoms with Gasteiger partial charge in [0.05, 0.1) is 0 Å². The molecule has 3 aliphatic rings. The molecule has 1 aliphatic carbocycles. The van der Waals surface area contributed by atoms with Crippen molar-refractivity contribution >= 4 is 5.69 Å². The van der Waals surface area contributed by atoms with Crippen molar-refractivity contribution < 1.29 is 0 Å². The first-order valence-corrected chi connectivity index (χ1v) is 9.48. The van der Waals surface area contributed by atoms with E-state index in [4.69, 9.17) is 0 Å². The van der Waals surface area contributed by atoms with Gasteiger partial charge in [-0.2, -0.15) is 0 Å². The fourth-order valence-electron chi connectivity index (χ4n) is 4.80. The van der Waals surface area contributed by atoms with E-state index in [0.29, 0.717) is 5.41 Å². The molecule has 124 valence electrons. The Morgan fingerprint density at radius 3 is 2.50 bits per heavy atom. The van der Waals surface area contributed by atoms with Gasteiger partial charge in [0.2, 0.25) is 0 Å². The number of hydrogen-bond acceptors (Lipinski definition) is 2. The summed E-state index contributed by atoms with van der Waals surface area (Å²) < 4.78 is 0. The zero-order valence-electron chi connectivity index (χ0n) is 14.3. The Bertz CT molecular complexity index is 725. The van der Waals surface area contributed by atoms with Gasteiger partial charge >= 0.3 is 0 Å². The van der Waals surface area contributed by atoms with Crippen molar-refractivity contribution in [2.75, 3.05) is 25.0 Å². The third-order valence-corrected chi connectivity index (χ3v) is 6.32. The molecular weight excluding hydrogens is 292 g/mol. The van der Waals surface area contributed by atoms with Crippen LogP contribution in [0.4, 0.5) is 5.69 Å². The molecule has 2 fully saturated rings. The summed E-state index contributed by atoms with van der Waals surface area (Å²) in [4.78, 5) is 2.64. The number of hydrogen-bond donors (Lipinski definition) is 1. The highest BCUT2D eigenvalue weighted by Crippen LogP contribution is 2.52. The van der Waals surface area contributed by atoms with E-state index >= 15 is 0 Å². The van der Waals surface area contributed by atoms with Crippen LogP contribution in [-0.4, -0.2) is 24.5 Å². The quantitative estimate of drug-likeness (QED) is 0.895. The van der Waals surface area contributed by atoms with Crippen LogP contribution >= 0.6 is 0 Å². The third-order valence-electron chi connectivity index (χ3n) is 6.32. The summed E-state index contributed by atoms with van der Waals surface area (Å²) in [6.07, 6.45) is 5.38. The molecule has 0 radical (unpaired) electrons. The minimum Gasteiger partial charge on any atom is -0.384 e. The monoisotopic (exact) mass is 318 g/mol. The van der Waals surface area contributed by atoms with Crippen LogP contribution in [0, 0.1) is 0 Å². The lowest BCUT2D eigenvalue weighted by Gasteiger charge is -2.40. The fraction of sp³-hybridized carbons (Fsp3) is 0.455. The Kier molecular flexibility index (Phi) is 3.41. The van der Waals surface area contributed by atoms with Gasteiger partial charge in [-0.15, -0.1) is 0 Å². The van der Waals surface area contributed by atoms with Crippen LogP contribution in [0.25, 0.3) is 0 Å². The number of nitrogens with one attached hydrogen (secondary N) is 1. The lowest BCUT2D eigenvalue weighted by molar-refractivity contribution is 0.162. The second kappa shape index (κ2) is 5.63. The maximum Gasteiger partial charge on any atom is 0.0382 e. The van der Waals surface area contributed by atoms with Crippen molar-refractivity contribution in [3.8, 4) is 0 Å². The van der Waals surface area contributed by atoms with Gasteiger partial charge in [0.1, 0.15) is 0 Å². The summed E-state index contributed by atoms with van der Waals surface area (Å²) in [5.41, 5.74) is 6.61. The van der Waals surface area contributed by atoms with Gasteiger partial charge < -0.3 is 5.32 Å². The zero-order valence-corrected chi connectivity index (χ0v) is 14.3. The van der Waals surface area contributed by atoms with Crippen LogP contribution in [0.15, 0.2) is 48.5 Å². The molecule has 2 heterocycles. The SMILES string of the molecule is c1ccc(CN2CCC3(CC2)CNc2cccc(C4CC4)c23)cc1. The molecule has 2 aromatic carbocycles. The zero-order chi connectivity index (χ0) is 16.0. The molecule has 2 nitrogen and oxygen atoms in total. The molecule has 1 saturated heterocycles. The first-order valence-electron chi connectivity index (χ1n) is 9.48. The first-order chi connectivity index (χ1) is 11.8. The van der Waals surface area contributed by atoms with Gasteiger partial charge in [0.15, 0.2) is 0 Å². The molecule has 0 amide bonds. The molecule has 0 bridgehead atoms. The molecule has 0 unspecified atom stereocenters. The number of nitrogens with zero attached hydrogens (tertiary/aromatic N) is 1. The molecule has 2 heteroatoms. The predicted molar refractivity (Wildman–Crippen MR) is 99.5 cm³/mol. The van der Waals surface area contributed by atoms with E-state index in [-0.39, 0.29) is 0 Å². The number of anilines is 1. The smallest absolute Gasteiger partial charge is 0.0382 e. The average Bonchev–Trinajstić information content (AvgIpc) is 3.42. The maximum atomic E-state index is 3.73. The Balaban J connectivity index is 1.36. The summed E-state index contributed by atoms with van der Waals surface area (Å²) in [5.74, 6) is 0.846. The number of fused-ring (bicyclic) bond motifs is 2. The van der Waals surface area contributed by atoms with Crippen molar-refractivity contribution in [3.63, 3.8) is 0 Å². The van der Waals surface area contributed by atoms with Crippen LogP contribution in [0.2, 0.25) is 0 Å². The maximum absolute atomic E-state index is 3.73. The van der Waals surface area contributed by atoms with Crippen LogP contribution < -0.4 is 5.32 Å². The van der Waals surface area contributed by atoms with Gasteiger partial charge in [-0.3, -0.25) is 4.90 Å². The largest absolute Gasteiger partial charge is 0.384 e. The number of benzene rings is 2. The summed E-state index contributed by atoms with van der Waals surface area (Å²) in [6, 6.07) is 17.9. The van der Waals surface area contributed by atoms with Crippen LogP contribution in [0.3, 0.4) is 0 Å². The van der Waals surface area contributed by atoms with Crippen molar-refractivity contribution in [3.05, 3.63) is 65.2 Å². The Hall–Kier alpha value is -1.80. The second-order valence-corrected chi connectivity index (χ2v) is 7.94. The lowest BCUT2D eigenvalue weighted by atomic mass is 9.72. The van der Waals surface area contributed by atoms with E-state index < -0.39 is 0 Å². The highest BCUT2D eigenvalue weighted by Gasteiger charge is 2.44. The minimum absolute atomic E-state index is 0.391. The van der Waals surface area contributed by atoms with Crippen LogP contribution in [0.1, 0.15) is 48.3 Å². The van der Waals surface area contributed by atoms with Gasteiger partial charge in [-0.25, -0.2) is 0 Å². The summed E-state index contributed by atoms with van der Waals surface area (Å²) in [5, 5.41) is 3.73. The molecule has 1 saturated carbocycles. The summed E-state index contributed by atoms with van der Waals surface area (Å²) >= 11 is 0. The van der Waals surface area contributed by atoms with E-state index in [1.54, 1.807) is 11.1 Å². The number of piperidine rings is 1. The fourth-order valence-corrected chi connectivity index (χ4v) is 4.80. The van der Waals surface area contributed by atoms with E-state index in [1.807, 2.05) is 0 Å². The Morgan fingerprint density at radius 2 is 1.75 bits per heavy atom. The molecule has 1 N–H and O–H groups in total. The van der Waals surface area contributed by atoms with Gasteiger partial charge in [-0.05, 0) is 67.4 Å². The van der Waals surface area contributed by atoms with E-state index in [0.717, 1.165) is 19.0 Å². The summed E-state index contributed by atoms with van der Waals surface area (Å²) in [7, 11) is 0. The van der Waals surface area contributed by atoms with E-state index in [2.05, 4.69) is 58.7 Å². The lowest BCUT2D eigenvalue weighted by Crippen LogP contribution is -2.43. The van der Waals surface area contributed by atoms with Crippen LogP contribution in [-0.2, 0) is 12.0 Å². The highest BCUT2D eigenvalue weighted by atomic mass is 15.1. The average molecular weight is 318 g/mol. The second-order valence-electron chi connectivity index (χ2n) is 7.94. The predicted octanol–water partition coefficient (Wildman–Crippen LogP) is 4.52. The highest BCUT2D eigenvalue weighted by molar-refractivity contribution is 5.65. The van der Waals surface area contributed by atoms with Crippen molar-refractivity contribution in [2.24, 2.45) is 0 Å². The van der Waals surface area contributed by atoms with Crippen LogP contribution in [0.5, 0.6) is 0 Å². The Labute approximate surface area is 144 Å². The first kappa shape index (κ1) is 14.5. The van der Waals surface area contributed by atoms with Crippen molar-refractivity contribution in [2.45, 2.75) is 43.6 Å². The summed E-state index contributed by atoms with van der Waals surface area (Å²) in [6.45, 7) is 4.68. The minimum atomic E-state index is 0.391. The molecule has 2 aromatic rings. The van der Waals surface area contributed by atoms with Crippen molar-refractivity contribution in [1.29, 1.82) is 0 Å². The van der Waals surface area contributed by atoms with Crippen molar-refractivity contribution in [1.82, 2.24) is 4.90 Å². The van der Waals surface area contributed by atoms with Gasteiger partial charge in [0, 0.05) is 24.2 Å². The molecule has 2 aliphatic heterocycles. The normalized spacial score (nSPS) is 22.3. The molecule has 5 rings (SSSR count). The van der Waals surface area contributed by atoms with E-state index in [9.17, 15) is 0 Å². The van der Waals surface area contributed by atoms with Gasteiger partial charge in [0.25, 0.3) is 0 Å². The molecule has 24 heavy (non-hydrogen) atoms. The molecular formula is C22H26N2. The number of rotatable bonds is 3. The number of likely N-dealkylation sites (tertiary alicyclic amines) is 1. The standard InChI is InChI=1S/C22H26N2/c1-2-5-17(6-3-1)15-24-13-11-22(12-14-24)16-23-20-8-4-7-19(21(20)22)18-9-10-18/h1-8,18,23H,9-16H2. The van der Waals surface area contributed by atoms with E-state index in [1.165, 1.54) is 50.0 Å². The molecule has 0 aromatic heterocycles. The third kappa shape index (κ3) is 2.44. The Morgan fingerprint density at radius 1 is 0.958 bits per heavy atom.